The molecule has 64 valence electrons. The summed E-state index contributed by atoms with van der Waals surface area (Å²) in [4.78, 5) is 10.5. The van der Waals surface area contributed by atoms with Crippen LogP contribution in [0.4, 0.5) is 0 Å². The number of hydrogen-bond donors (Lipinski definition) is 0. The van der Waals surface area contributed by atoms with Crippen molar-refractivity contribution in [1.82, 2.24) is 0 Å². The highest BCUT2D eigenvalue weighted by molar-refractivity contribution is 6.40. The number of hydrogen-bond acceptors (Lipinski definition) is 2. The van der Waals surface area contributed by atoms with Crippen LogP contribution >= 0.6 is 0 Å². The summed E-state index contributed by atoms with van der Waals surface area (Å²) in [6.07, 6.45) is 4.22. The van der Waals surface area contributed by atoms with E-state index in [1.54, 1.807) is 0 Å². The van der Waals surface area contributed by atoms with Gasteiger partial charge in [0.15, 0.2) is 0 Å². The Morgan fingerprint density at radius 3 is 2.55 bits per heavy atom. The summed E-state index contributed by atoms with van der Waals surface area (Å²) in [7, 11) is -0.722. The Kier molecular flexibility index (Phi) is 5.84. The quantitative estimate of drug-likeness (QED) is 0.598. The van der Waals surface area contributed by atoms with E-state index in [0.29, 0.717) is 0 Å². The lowest BCUT2D eigenvalue weighted by atomic mass is 10.3. The molecule has 0 rings (SSSR count). The van der Waals surface area contributed by atoms with Crippen molar-refractivity contribution in [3.63, 3.8) is 0 Å². The maximum absolute atomic E-state index is 10.5. The molecule has 11 heavy (non-hydrogen) atoms. The maximum Gasteiger partial charge on any atom is 0.289 e. The molecule has 0 aromatic carbocycles. The zero-order chi connectivity index (χ0) is 8.69. The van der Waals surface area contributed by atoms with E-state index in [1.165, 1.54) is 12.1 Å². The predicted octanol–water partition coefficient (Wildman–Crippen LogP) is 1.34. The second-order valence-electron chi connectivity index (χ2n) is 2.40. The maximum atomic E-state index is 10.5. The topological polar surface area (TPSA) is 26.3 Å². The van der Waals surface area contributed by atoms with E-state index in [-0.39, 0.29) is 5.97 Å². The Hall–Kier alpha value is -0.573. The first-order chi connectivity index (χ1) is 5.20. The third-order valence-electron chi connectivity index (χ3n) is 1.41. The molecule has 0 aliphatic carbocycles. The summed E-state index contributed by atoms with van der Waals surface area (Å²) in [6, 6.07) is 0. The molecule has 0 N–H and O–H groups in total. The molecular weight excluding hydrogens is 156 g/mol. The smallest absolute Gasteiger partial charge is 0.289 e. The van der Waals surface area contributed by atoms with Crippen LogP contribution in [0.1, 0.15) is 33.6 Å². The van der Waals surface area contributed by atoms with E-state index < -0.39 is 9.76 Å². The predicted molar refractivity (Wildman–Crippen MR) is 49.0 cm³/mol. The largest absolute Gasteiger partial charge is 0.521 e. The van der Waals surface area contributed by atoms with Gasteiger partial charge >= 0.3 is 0 Å². The van der Waals surface area contributed by atoms with Crippen LogP contribution in [0.2, 0.25) is 0 Å². The molecule has 0 aliphatic heterocycles. The van der Waals surface area contributed by atoms with Crippen LogP contribution in [0.5, 0.6) is 0 Å². The average Bonchev–Trinajstić information content (AvgIpc) is 1.97. The summed E-state index contributed by atoms with van der Waals surface area (Å²) in [6.45, 7) is 5.65. The fourth-order valence-electron chi connectivity index (χ4n) is 0.788. The van der Waals surface area contributed by atoms with E-state index in [0.717, 1.165) is 12.8 Å². The Morgan fingerprint density at radius 2 is 2.18 bits per heavy atom. The number of rotatable bonds is 4. The first-order valence-electron chi connectivity index (χ1n) is 4.02. The van der Waals surface area contributed by atoms with Gasteiger partial charge in [-0.3, -0.25) is 4.79 Å². The Bertz CT molecular complexity index is 152. The van der Waals surface area contributed by atoms with Crippen LogP contribution < -0.4 is 0 Å². The van der Waals surface area contributed by atoms with Crippen molar-refractivity contribution in [3.8, 4) is 0 Å². The molecule has 0 bridgehead atoms. The molecule has 3 heteroatoms. The standard InChI is InChI=1S/C8H16O2Si/c1-4-6-8(5-2)11-10-7(3)9/h6H,4-5,11H2,1-3H3. The van der Waals surface area contributed by atoms with Gasteiger partial charge in [0.25, 0.3) is 15.7 Å². The van der Waals surface area contributed by atoms with Gasteiger partial charge in [-0.05, 0) is 12.8 Å². The third kappa shape index (κ3) is 5.85. The van der Waals surface area contributed by atoms with Gasteiger partial charge in [0.05, 0.1) is 0 Å². The average molecular weight is 172 g/mol. The monoisotopic (exact) mass is 172 g/mol. The van der Waals surface area contributed by atoms with Gasteiger partial charge in [-0.25, -0.2) is 0 Å². The lowest BCUT2D eigenvalue weighted by Gasteiger charge is -2.02. The first kappa shape index (κ1) is 10.4. The highest BCUT2D eigenvalue weighted by Gasteiger charge is 1.97. The van der Waals surface area contributed by atoms with Crippen molar-refractivity contribution in [2.45, 2.75) is 33.6 Å². The lowest BCUT2D eigenvalue weighted by molar-refractivity contribution is -0.131. The molecule has 0 radical (unpaired) electrons. The number of allylic oxidation sites excluding steroid dienone is 2. The molecule has 0 fully saturated rings. The summed E-state index contributed by atoms with van der Waals surface area (Å²) < 4.78 is 4.98. The summed E-state index contributed by atoms with van der Waals surface area (Å²) in [5, 5.41) is 1.34. The molecule has 0 saturated carbocycles. The van der Waals surface area contributed by atoms with Gasteiger partial charge < -0.3 is 4.43 Å². The van der Waals surface area contributed by atoms with Gasteiger partial charge in [0.2, 0.25) is 0 Å². The third-order valence-corrected chi connectivity index (χ3v) is 3.12. The summed E-state index contributed by atoms with van der Waals surface area (Å²) in [5.74, 6) is -0.146. The van der Waals surface area contributed by atoms with Gasteiger partial charge in [0.1, 0.15) is 0 Å². The molecule has 0 unspecified atom stereocenters. The van der Waals surface area contributed by atoms with Crippen LogP contribution in [0.3, 0.4) is 0 Å². The van der Waals surface area contributed by atoms with Crippen molar-refractivity contribution >= 4 is 15.7 Å². The molecule has 0 atom stereocenters. The van der Waals surface area contributed by atoms with Crippen LogP contribution in [0, 0.1) is 0 Å². The minimum Gasteiger partial charge on any atom is -0.521 e. The molecule has 0 aromatic heterocycles. The van der Waals surface area contributed by atoms with Crippen molar-refractivity contribution < 1.29 is 9.22 Å². The molecule has 0 amide bonds. The minimum atomic E-state index is -0.722. The highest BCUT2D eigenvalue weighted by Crippen LogP contribution is 2.00. The van der Waals surface area contributed by atoms with E-state index in [1.807, 2.05) is 0 Å². The van der Waals surface area contributed by atoms with E-state index in [4.69, 9.17) is 4.43 Å². The minimum absolute atomic E-state index is 0.146. The van der Waals surface area contributed by atoms with Crippen molar-refractivity contribution in [2.24, 2.45) is 0 Å². The van der Waals surface area contributed by atoms with E-state index in [2.05, 4.69) is 19.9 Å². The van der Waals surface area contributed by atoms with Crippen LogP contribution in [0.15, 0.2) is 11.3 Å². The Labute approximate surface area is 70.6 Å². The molecule has 0 aliphatic rings. The number of carbonyl (C=O) groups excluding carboxylic acids is 1. The fourth-order valence-corrected chi connectivity index (χ4v) is 1.79. The molecule has 0 aromatic rings. The van der Waals surface area contributed by atoms with Crippen LogP contribution in [-0.2, 0) is 9.22 Å². The van der Waals surface area contributed by atoms with Crippen molar-refractivity contribution in [2.75, 3.05) is 0 Å². The Balaban J connectivity index is 3.69. The normalized spacial score (nSPS) is 12.5. The van der Waals surface area contributed by atoms with E-state index in [9.17, 15) is 4.79 Å². The van der Waals surface area contributed by atoms with Crippen LogP contribution in [-0.4, -0.2) is 15.7 Å². The molecule has 0 heterocycles. The van der Waals surface area contributed by atoms with Crippen molar-refractivity contribution in [3.05, 3.63) is 11.3 Å². The molecular formula is C8H16O2Si. The molecule has 2 nitrogen and oxygen atoms in total. The summed E-state index contributed by atoms with van der Waals surface area (Å²) in [5.41, 5.74) is 0. The lowest BCUT2D eigenvalue weighted by Crippen LogP contribution is -2.06. The molecule has 0 spiro atoms. The molecule has 0 saturated heterocycles. The second-order valence-corrected chi connectivity index (χ2v) is 3.89. The van der Waals surface area contributed by atoms with Gasteiger partial charge in [-0.2, -0.15) is 0 Å². The zero-order valence-corrected chi connectivity index (χ0v) is 8.93. The SMILES string of the molecule is CCC=C(CC)[SiH2]OC(C)=O. The van der Waals surface area contributed by atoms with Gasteiger partial charge in [-0.15, -0.1) is 0 Å². The first-order valence-corrected chi connectivity index (χ1v) is 5.30. The van der Waals surface area contributed by atoms with Crippen LogP contribution in [0.25, 0.3) is 0 Å². The second kappa shape index (κ2) is 6.16. The van der Waals surface area contributed by atoms with Gasteiger partial charge in [0, 0.05) is 6.92 Å². The van der Waals surface area contributed by atoms with E-state index >= 15 is 0 Å². The Morgan fingerprint density at radius 1 is 1.55 bits per heavy atom. The fraction of sp³-hybridized carbons (Fsp3) is 0.625. The summed E-state index contributed by atoms with van der Waals surface area (Å²) >= 11 is 0. The van der Waals surface area contributed by atoms with Crippen molar-refractivity contribution in [1.29, 1.82) is 0 Å². The zero-order valence-electron chi connectivity index (χ0n) is 7.52. The van der Waals surface area contributed by atoms with Gasteiger partial charge in [-0.1, -0.05) is 25.1 Å². The number of carbonyl (C=O) groups is 1. The highest BCUT2D eigenvalue weighted by atomic mass is 28.2.